The van der Waals surface area contributed by atoms with Gasteiger partial charge in [0.2, 0.25) is 0 Å². The van der Waals surface area contributed by atoms with Crippen LogP contribution in [0.2, 0.25) is 0 Å². The molecule has 1 amide bonds. The summed E-state index contributed by atoms with van der Waals surface area (Å²) in [6.07, 6.45) is 3.50. The van der Waals surface area contributed by atoms with E-state index in [9.17, 15) is 19.1 Å². The molecule has 5 nitrogen and oxygen atoms in total. The van der Waals surface area contributed by atoms with E-state index in [1.54, 1.807) is 19.2 Å². The van der Waals surface area contributed by atoms with Crippen molar-refractivity contribution in [3.63, 3.8) is 0 Å². The van der Waals surface area contributed by atoms with E-state index in [1.807, 2.05) is 6.07 Å². The van der Waals surface area contributed by atoms with Crippen molar-refractivity contribution in [2.45, 2.75) is 50.6 Å². The molecule has 2 aliphatic rings. The zero-order valence-corrected chi connectivity index (χ0v) is 17.9. The van der Waals surface area contributed by atoms with Crippen LogP contribution < -0.4 is 0 Å². The number of hydrogen-bond acceptors (Lipinski definition) is 3. The highest BCUT2D eigenvalue weighted by atomic mass is 19.1. The molecular formula is C25H29FN2O3. The van der Waals surface area contributed by atoms with E-state index in [0.717, 1.165) is 44.3 Å². The molecular weight excluding hydrogens is 395 g/mol. The second-order valence-electron chi connectivity index (χ2n) is 8.69. The van der Waals surface area contributed by atoms with Crippen molar-refractivity contribution in [2.24, 2.45) is 0 Å². The van der Waals surface area contributed by atoms with Crippen molar-refractivity contribution in [2.75, 3.05) is 20.1 Å². The van der Waals surface area contributed by atoms with E-state index in [2.05, 4.69) is 17.0 Å². The van der Waals surface area contributed by atoms with Gasteiger partial charge in [-0.1, -0.05) is 18.2 Å². The summed E-state index contributed by atoms with van der Waals surface area (Å²) in [7, 11) is 1.61. The van der Waals surface area contributed by atoms with Crippen molar-refractivity contribution in [3.8, 4) is 0 Å². The lowest BCUT2D eigenvalue weighted by Crippen LogP contribution is -2.36. The number of halogens is 1. The summed E-state index contributed by atoms with van der Waals surface area (Å²) in [6.45, 7) is 2.34. The Morgan fingerprint density at radius 3 is 2.68 bits per heavy atom. The van der Waals surface area contributed by atoms with Crippen molar-refractivity contribution in [1.82, 2.24) is 9.80 Å². The third-order valence-corrected chi connectivity index (χ3v) is 6.81. The van der Waals surface area contributed by atoms with Crippen LogP contribution >= 0.6 is 0 Å². The van der Waals surface area contributed by atoms with Gasteiger partial charge in [0.15, 0.2) is 5.78 Å². The van der Waals surface area contributed by atoms with Gasteiger partial charge in [-0.15, -0.1) is 0 Å². The Kier molecular flexibility index (Phi) is 6.37. The predicted octanol–water partition coefficient (Wildman–Crippen LogP) is 4.70. The average molecular weight is 425 g/mol. The lowest BCUT2D eigenvalue weighted by Gasteiger charge is -2.34. The van der Waals surface area contributed by atoms with Gasteiger partial charge >= 0.3 is 6.09 Å². The third-order valence-electron chi connectivity index (χ3n) is 6.81. The number of ketones is 1. The van der Waals surface area contributed by atoms with Crippen molar-refractivity contribution in [1.29, 1.82) is 0 Å². The van der Waals surface area contributed by atoms with E-state index in [-0.39, 0.29) is 11.6 Å². The minimum atomic E-state index is -0.909. The maximum Gasteiger partial charge on any atom is 0.407 e. The maximum absolute atomic E-state index is 13.0. The molecule has 1 saturated heterocycles. The topological polar surface area (TPSA) is 60.9 Å². The number of amides is 1. The number of Topliss-reactive ketones (excluding diaryl/α,β-unsaturated/α-hetero) is 1. The molecule has 1 aliphatic heterocycles. The first-order valence-corrected chi connectivity index (χ1v) is 11.0. The summed E-state index contributed by atoms with van der Waals surface area (Å²) >= 11 is 0. The van der Waals surface area contributed by atoms with Crippen molar-refractivity contribution < 1.29 is 19.1 Å². The van der Waals surface area contributed by atoms with Crippen LogP contribution in [0, 0.1) is 5.82 Å². The average Bonchev–Trinajstić information content (AvgIpc) is 3.17. The lowest BCUT2D eigenvalue weighted by molar-refractivity contribution is 0.0972. The second-order valence-corrected chi connectivity index (χ2v) is 8.69. The van der Waals surface area contributed by atoms with Gasteiger partial charge in [-0.3, -0.25) is 9.69 Å². The fourth-order valence-electron chi connectivity index (χ4n) is 5.23. The fourth-order valence-corrected chi connectivity index (χ4v) is 5.23. The molecule has 164 valence electrons. The summed E-state index contributed by atoms with van der Waals surface area (Å²) < 4.78 is 13.0. The first-order valence-electron chi connectivity index (χ1n) is 11.0. The molecule has 2 aromatic rings. The summed E-state index contributed by atoms with van der Waals surface area (Å²) in [5.41, 5.74) is 4.39. The normalized spacial score (nSPS) is 20.2. The lowest BCUT2D eigenvalue weighted by atomic mass is 9.77. The van der Waals surface area contributed by atoms with E-state index < -0.39 is 6.09 Å². The molecule has 0 spiro atoms. The number of nitrogens with zero attached hydrogens (tertiary/aromatic N) is 2. The predicted molar refractivity (Wildman–Crippen MR) is 117 cm³/mol. The van der Waals surface area contributed by atoms with Gasteiger partial charge in [0.1, 0.15) is 5.82 Å². The molecule has 2 atom stereocenters. The van der Waals surface area contributed by atoms with Crippen LogP contribution in [0.15, 0.2) is 42.5 Å². The molecule has 1 N–H and O–H groups in total. The number of fused-ring (bicyclic) bond motifs is 3. The van der Waals surface area contributed by atoms with E-state index in [4.69, 9.17) is 0 Å². The van der Waals surface area contributed by atoms with Gasteiger partial charge < -0.3 is 10.0 Å². The van der Waals surface area contributed by atoms with E-state index >= 15 is 0 Å². The summed E-state index contributed by atoms with van der Waals surface area (Å²) in [5.74, 6) is 0.221. The second kappa shape index (κ2) is 9.18. The number of hydrogen-bond donors (Lipinski definition) is 1. The molecule has 1 aliphatic carbocycles. The Labute approximate surface area is 182 Å². The third kappa shape index (κ3) is 4.64. The highest BCUT2D eigenvalue weighted by Gasteiger charge is 2.38. The van der Waals surface area contributed by atoms with Crippen LogP contribution in [-0.2, 0) is 13.0 Å². The van der Waals surface area contributed by atoms with E-state index in [0.29, 0.717) is 30.5 Å². The summed E-state index contributed by atoms with van der Waals surface area (Å²) in [6, 6.07) is 12.6. The highest BCUT2D eigenvalue weighted by Crippen LogP contribution is 2.42. The van der Waals surface area contributed by atoms with E-state index in [1.165, 1.54) is 28.2 Å². The molecule has 1 fully saturated rings. The molecule has 0 bridgehead atoms. The quantitative estimate of drug-likeness (QED) is 0.655. The Morgan fingerprint density at radius 2 is 1.94 bits per heavy atom. The monoisotopic (exact) mass is 424 g/mol. The Balaban J connectivity index is 1.37. The molecule has 0 unspecified atom stereocenters. The van der Waals surface area contributed by atoms with Gasteiger partial charge in [0.05, 0.1) is 0 Å². The van der Waals surface area contributed by atoms with Crippen molar-refractivity contribution >= 4 is 11.9 Å². The molecule has 31 heavy (non-hydrogen) atoms. The molecule has 0 aromatic heterocycles. The molecule has 2 aromatic carbocycles. The maximum atomic E-state index is 13.0. The Bertz CT molecular complexity index is 960. The largest absolute Gasteiger partial charge is 0.465 e. The van der Waals surface area contributed by atoms with Crippen LogP contribution in [0.25, 0.3) is 0 Å². The number of carbonyl (C=O) groups is 2. The molecule has 0 radical (unpaired) electrons. The molecule has 0 saturated carbocycles. The Morgan fingerprint density at radius 1 is 1.16 bits per heavy atom. The number of benzene rings is 2. The first-order chi connectivity index (χ1) is 14.9. The van der Waals surface area contributed by atoms with Crippen LogP contribution in [-0.4, -0.2) is 53.0 Å². The summed E-state index contributed by atoms with van der Waals surface area (Å²) in [4.78, 5) is 27.4. The molecule has 4 rings (SSSR count). The van der Waals surface area contributed by atoms with Gasteiger partial charge in [0.25, 0.3) is 0 Å². The van der Waals surface area contributed by atoms with Gasteiger partial charge in [-0.2, -0.15) is 0 Å². The number of carboxylic acid groups (broad SMARTS) is 1. The molecule has 1 heterocycles. The van der Waals surface area contributed by atoms with Gasteiger partial charge in [-0.05, 0) is 79.7 Å². The van der Waals surface area contributed by atoms with Crippen LogP contribution in [0.4, 0.5) is 9.18 Å². The van der Waals surface area contributed by atoms with Gasteiger partial charge in [-0.25, -0.2) is 9.18 Å². The highest BCUT2D eigenvalue weighted by molar-refractivity contribution is 5.95. The standard InChI is InChI=1S/C25H29FN2O3/c1-27(25(30)31)16-18-4-2-5-21-20(18)11-12-23-22(21)13-15-28(23)14-3-6-24(29)17-7-9-19(26)10-8-17/h2,4-5,7-10,22-23H,3,6,11-16H2,1H3,(H,30,31)/t22-,23+/m1/s1. The summed E-state index contributed by atoms with van der Waals surface area (Å²) in [5, 5.41) is 9.22. The minimum Gasteiger partial charge on any atom is -0.465 e. The minimum absolute atomic E-state index is 0.0666. The number of rotatable bonds is 7. The first kappa shape index (κ1) is 21.5. The molecule has 6 heteroatoms. The number of carbonyl (C=O) groups excluding carboxylic acids is 1. The van der Waals surface area contributed by atoms with Crippen molar-refractivity contribution in [3.05, 3.63) is 70.5 Å². The smallest absolute Gasteiger partial charge is 0.407 e. The zero-order valence-electron chi connectivity index (χ0n) is 17.9. The fraction of sp³-hybridized carbons (Fsp3) is 0.440. The van der Waals surface area contributed by atoms with Gasteiger partial charge in [0, 0.05) is 37.5 Å². The van der Waals surface area contributed by atoms with Crippen LogP contribution in [0.3, 0.4) is 0 Å². The zero-order chi connectivity index (χ0) is 22.0. The Hall–Kier alpha value is -2.73. The SMILES string of the molecule is CN(Cc1cccc2c1CC[C@H]1[C@@H]2CCN1CCCC(=O)c1ccc(F)cc1)C(=O)O. The number of likely N-dealkylation sites (tertiary alicyclic amines) is 1. The van der Waals surface area contributed by atoms with Crippen LogP contribution in [0.1, 0.15) is 58.6 Å². The van der Waals surface area contributed by atoms with Crippen LogP contribution in [0.5, 0.6) is 0 Å².